The molecule has 0 aliphatic carbocycles. The summed E-state index contributed by atoms with van der Waals surface area (Å²) in [4.78, 5) is 16.4. The van der Waals surface area contributed by atoms with E-state index in [1.807, 2.05) is 36.6 Å². The van der Waals surface area contributed by atoms with Crippen molar-refractivity contribution in [1.82, 2.24) is 9.55 Å². The zero-order valence-corrected chi connectivity index (χ0v) is 14.9. The molecule has 1 aromatic carbocycles. The van der Waals surface area contributed by atoms with Crippen LogP contribution in [-0.4, -0.2) is 9.55 Å². The number of aryl methyl sites for hydroxylation is 2. The van der Waals surface area contributed by atoms with Crippen LogP contribution in [0.2, 0.25) is 10.2 Å². The average Bonchev–Trinajstić information content (AvgIpc) is 2.44. The molecular formula is C16H11BrCl2N2O. The van der Waals surface area contributed by atoms with Crippen molar-refractivity contribution in [2.45, 2.75) is 13.8 Å². The monoisotopic (exact) mass is 396 g/mol. The number of halogens is 3. The molecule has 3 rings (SSSR count). The van der Waals surface area contributed by atoms with E-state index in [9.17, 15) is 4.79 Å². The largest absolute Gasteiger partial charge is 0.311 e. The molecule has 0 fully saturated rings. The van der Waals surface area contributed by atoms with Crippen molar-refractivity contribution in [3.05, 3.63) is 66.6 Å². The summed E-state index contributed by atoms with van der Waals surface area (Å²) < 4.78 is 2.62. The fourth-order valence-electron chi connectivity index (χ4n) is 2.59. The van der Waals surface area contributed by atoms with Crippen LogP contribution in [0, 0.1) is 13.8 Å². The maximum atomic E-state index is 12.3. The van der Waals surface area contributed by atoms with Crippen molar-refractivity contribution in [3.63, 3.8) is 0 Å². The molecule has 0 radical (unpaired) electrons. The number of rotatable bonds is 1. The van der Waals surface area contributed by atoms with E-state index >= 15 is 0 Å². The third-order valence-electron chi connectivity index (χ3n) is 3.54. The predicted octanol–water partition coefficient (Wildman–Crippen LogP) is 5.07. The van der Waals surface area contributed by atoms with Crippen LogP contribution in [0.15, 0.2) is 39.7 Å². The van der Waals surface area contributed by atoms with Gasteiger partial charge in [-0.05, 0) is 41.4 Å². The third-order valence-corrected chi connectivity index (χ3v) is 4.71. The van der Waals surface area contributed by atoms with Gasteiger partial charge in [-0.15, -0.1) is 0 Å². The van der Waals surface area contributed by atoms with E-state index in [2.05, 4.69) is 20.9 Å². The number of pyridine rings is 2. The molecule has 3 nitrogen and oxygen atoms in total. The predicted molar refractivity (Wildman–Crippen MR) is 94.5 cm³/mol. The lowest BCUT2D eigenvalue weighted by molar-refractivity contribution is 1.01. The minimum atomic E-state index is -0.160. The number of benzene rings is 1. The molecular weight excluding hydrogens is 387 g/mol. The van der Waals surface area contributed by atoms with Crippen LogP contribution in [-0.2, 0) is 0 Å². The third kappa shape index (κ3) is 2.35. The van der Waals surface area contributed by atoms with Gasteiger partial charge in [0.1, 0.15) is 5.15 Å². The highest BCUT2D eigenvalue weighted by Gasteiger charge is 2.17. The first-order valence-corrected chi connectivity index (χ1v) is 8.08. The first-order chi connectivity index (χ1) is 10.4. The Kier molecular flexibility index (Phi) is 4.02. The molecule has 0 amide bonds. The summed E-state index contributed by atoms with van der Waals surface area (Å²) in [6.45, 7) is 3.84. The fraction of sp³-hybridized carbons (Fsp3) is 0.125. The first-order valence-electron chi connectivity index (χ1n) is 6.53. The van der Waals surface area contributed by atoms with Gasteiger partial charge in [-0.3, -0.25) is 4.79 Å². The highest BCUT2D eigenvalue weighted by atomic mass is 79.9. The number of para-hydroxylation sites is 1. The maximum absolute atomic E-state index is 12.3. The Morgan fingerprint density at radius 2 is 1.95 bits per heavy atom. The van der Waals surface area contributed by atoms with Crippen molar-refractivity contribution in [3.8, 4) is 5.69 Å². The number of nitrogens with zero attached hydrogens (tertiary/aromatic N) is 2. The highest BCUT2D eigenvalue weighted by molar-refractivity contribution is 9.10. The lowest BCUT2D eigenvalue weighted by atomic mass is 10.1. The van der Waals surface area contributed by atoms with Gasteiger partial charge in [0, 0.05) is 18.0 Å². The van der Waals surface area contributed by atoms with Crippen molar-refractivity contribution < 1.29 is 0 Å². The standard InChI is InChI=1S/C16H11BrCl2N2O/c1-8-4-3-5-11(18)14(8)21-9(2)6-12(22)13-15(21)10(17)7-20-16(13)19/h3-7H,1-2H3. The maximum Gasteiger partial charge on any atom is 0.192 e. The zero-order chi connectivity index (χ0) is 16.0. The Bertz CT molecular complexity index is 946. The normalized spacial score (nSPS) is 11.1. The van der Waals surface area contributed by atoms with Crippen molar-refractivity contribution in [2.24, 2.45) is 0 Å². The molecule has 0 bridgehead atoms. The van der Waals surface area contributed by atoms with E-state index in [-0.39, 0.29) is 10.6 Å². The van der Waals surface area contributed by atoms with Gasteiger partial charge >= 0.3 is 0 Å². The quantitative estimate of drug-likeness (QED) is 0.537. The molecule has 0 saturated carbocycles. The van der Waals surface area contributed by atoms with Gasteiger partial charge in [-0.25, -0.2) is 4.98 Å². The molecule has 0 saturated heterocycles. The summed E-state index contributed by atoms with van der Waals surface area (Å²) in [5, 5.41) is 1.16. The Labute approximate surface area is 145 Å². The van der Waals surface area contributed by atoms with Gasteiger partial charge in [-0.2, -0.15) is 0 Å². The van der Waals surface area contributed by atoms with Gasteiger partial charge in [0.05, 0.1) is 26.1 Å². The molecule has 0 aliphatic rings. The molecule has 3 aromatic rings. The van der Waals surface area contributed by atoms with Gasteiger partial charge < -0.3 is 4.57 Å². The smallest absolute Gasteiger partial charge is 0.192 e. The van der Waals surface area contributed by atoms with E-state index in [4.69, 9.17) is 23.2 Å². The second-order valence-corrected chi connectivity index (χ2v) is 6.63. The Balaban J connectivity index is 2.61. The van der Waals surface area contributed by atoms with Crippen LogP contribution in [0.4, 0.5) is 0 Å². The summed E-state index contributed by atoms with van der Waals surface area (Å²) in [5.74, 6) is 0. The molecule has 0 spiro atoms. The fourth-order valence-corrected chi connectivity index (χ4v) is 3.61. The summed E-state index contributed by atoms with van der Waals surface area (Å²) >= 11 is 16.0. The lowest BCUT2D eigenvalue weighted by Crippen LogP contribution is -2.13. The Morgan fingerprint density at radius 3 is 2.64 bits per heavy atom. The molecule has 0 atom stereocenters. The molecule has 2 aromatic heterocycles. The zero-order valence-electron chi connectivity index (χ0n) is 11.8. The summed E-state index contributed by atoms with van der Waals surface area (Å²) in [6, 6.07) is 7.24. The van der Waals surface area contributed by atoms with Crippen LogP contribution in [0.25, 0.3) is 16.6 Å². The molecule has 0 aliphatic heterocycles. The topological polar surface area (TPSA) is 34.9 Å². The average molecular weight is 398 g/mol. The van der Waals surface area contributed by atoms with Crippen molar-refractivity contribution in [1.29, 1.82) is 0 Å². The van der Waals surface area contributed by atoms with Gasteiger partial charge in [0.2, 0.25) is 0 Å². The van der Waals surface area contributed by atoms with Crippen molar-refractivity contribution in [2.75, 3.05) is 0 Å². The van der Waals surface area contributed by atoms with Crippen LogP contribution >= 0.6 is 39.1 Å². The summed E-state index contributed by atoms with van der Waals surface area (Å²) in [5.41, 5.74) is 3.11. The molecule has 6 heteroatoms. The first kappa shape index (κ1) is 15.5. The van der Waals surface area contributed by atoms with Crippen LogP contribution < -0.4 is 5.43 Å². The van der Waals surface area contributed by atoms with Gasteiger partial charge in [-0.1, -0.05) is 35.3 Å². The minimum absolute atomic E-state index is 0.160. The van der Waals surface area contributed by atoms with E-state index in [0.29, 0.717) is 20.4 Å². The number of hydrogen-bond donors (Lipinski definition) is 0. The number of fused-ring (bicyclic) bond motifs is 1. The second-order valence-electron chi connectivity index (χ2n) is 5.01. The highest BCUT2D eigenvalue weighted by Crippen LogP contribution is 2.33. The second kappa shape index (κ2) is 5.69. The van der Waals surface area contributed by atoms with E-state index in [1.165, 1.54) is 0 Å². The Hall–Kier alpha value is -1.36. The van der Waals surface area contributed by atoms with E-state index < -0.39 is 0 Å². The SMILES string of the molecule is Cc1cccc(Cl)c1-n1c(C)cc(=O)c2c(Cl)ncc(Br)c21. The van der Waals surface area contributed by atoms with E-state index in [1.54, 1.807) is 12.3 Å². The molecule has 112 valence electrons. The van der Waals surface area contributed by atoms with Gasteiger partial charge in [0.25, 0.3) is 0 Å². The van der Waals surface area contributed by atoms with Crippen LogP contribution in [0.5, 0.6) is 0 Å². The summed E-state index contributed by atoms with van der Waals surface area (Å²) in [6.07, 6.45) is 1.59. The molecule has 2 heterocycles. The lowest BCUT2D eigenvalue weighted by Gasteiger charge is -2.19. The van der Waals surface area contributed by atoms with Crippen LogP contribution in [0.1, 0.15) is 11.3 Å². The number of aromatic nitrogens is 2. The van der Waals surface area contributed by atoms with Crippen molar-refractivity contribution >= 4 is 50.0 Å². The minimum Gasteiger partial charge on any atom is -0.311 e. The number of hydrogen-bond acceptors (Lipinski definition) is 2. The Morgan fingerprint density at radius 1 is 1.23 bits per heavy atom. The molecule has 0 unspecified atom stereocenters. The van der Waals surface area contributed by atoms with E-state index in [0.717, 1.165) is 16.9 Å². The molecule has 22 heavy (non-hydrogen) atoms. The summed E-state index contributed by atoms with van der Waals surface area (Å²) in [7, 11) is 0. The van der Waals surface area contributed by atoms with Gasteiger partial charge in [0.15, 0.2) is 5.43 Å². The van der Waals surface area contributed by atoms with Crippen LogP contribution in [0.3, 0.4) is 0 Å². The molecule has 0 N–H and O–H groups in total.